The number of hydrogen-bond donors (Lipinski definition) is 1. The highest BCUT2D eigenvalue weighted by Gasteiger charge is 2.47. The van der Waals surface area contributed by atoms with Crippen LogP contribution in [0.5, 0.6) is 0 Å². The van der Waals surface area contributed by atoms with Gasteiger partial charge in [-0.2, -0.15) is 0 Å². The van der Waals surface area contributed by atoms with E-state index in [9.17, 15) is 0 Å². The molecule has 1 heteroatoms. The predicted octanol–water partition coefficient (Wildman–Crippen LogP) is 2.56. The Labute approximate surface area is 75.9 Å². The summed E-state index contributed by atoms with van der Waals surface area (Å²) in [6.07, 6.45) is 5.64. The van der Waals surface area contributed by atoms with Gasteiger partial charge in [0.05, 0.1) is 0 Å². The molecule has 0 radical (unpaired) electrons. The third kappa shape index (κ3) is 1.66. The van der Waals surface area contributed by atoms with Crippen LogP contribution >= 0.6 is 0 Å². The summed E-state index contributed by atoms with van der Waals surface area (Å²) in [5.41, 5.74) is 0.600. The Bertz CT molecular complexity index is 170. The molecule has 2 unspecified atom stereocenters. The Morgan fingerprint density at radius 3 is 2.33 bits per heavy atom. The summed E-state index contributed by atoms with van der Waals surface area (Å²) in [4.78, 5) is 0. The van der Waals surface area contributed by atoms with E-state index in [4.69, 9.17) is 0 Å². The van der Waals surface area contributed by atoms with E-state index in [-0.39, 0.29) is 0 Å². The summed E-state index contributed by atoms with van der Waals surface area (Å²) in [6.45, 7) is 7.04. The van der Waals surface area contributed by atoms with E-state index in [1.807, 2.05) is 0 Å². The lowest BCUT2D eigenvalue weighted by Crippen LogP contribution is -2.34. The molecule has 0 aromatic rings. The molecule has 12 heavy (non-hydrogen) atoms. The van der Waals surface area contributed by atoms with Gasteiger partial charge in [0.1, 0.15) is 0 Å². The molecular formula is C11H21N. The van der Waals surface area contributed by atoms with E-state index in [0.29, 0.717) is 5.41 Å². The van der Waals surface area contributed by atoms with E-state index in [1.54, 1.807) is 0 Å². The van der Waals surface area contributed by atoms with Gasteiger partial charge < -0.3 is 5.32 Å². The first-order valence-electron chi connectivity index (χ1n) is 5.39. The molecule has 2 rings (SSSR count). The third-order valence-corrected chi connectivity index (χ3v) is 3.56. The molecule has 0 aliphatic heterocycles. The summed E-state index contributed by atoms with van der Waals surface area (Å²) in [5.74, 6) is 1.02. The van der Waals surface area contributed by atoms with Crippen molar-refractivity contribution in [1.82, 2.24) is 5.32 Å². The second kappa shape index (κ2) is 2.73. The summed E-state index contributed by atoms with van der Waals surface area (Å²) in [6, 6.07) is 1.65. The molecule has 0 saturated heterocycles. The van der Waals surface area contributed by atoms with Gasteiger partial charge in [0.15, 0.2) is 0 Å². The summed E-state index contributed by atoms with van der Waals surface area (Å²) in [7, 11) is 0. The van der Waals surface area contributed by atoms with Crippen LogP contribution in [0.15, 0.2) is 0 Å². The lowest BCUT2D eigenvalue weighted by atomic mass is 10.1. The minimum atomic E-state index is 0.600. The van der Waals surface area contributed by atoms with Crippen LogP contribution in [0.4, 0.5) is 0 Å². The van der Waals surface area contributed by atoms with Crippen molar-refractivity contribution < 1.29 is 0 Å². The van der Waals surface area contributed by atoms with Crippen molar-refractivity contribution in [2.24, 2.45) is 11.3 Å². The molecule has 2 fully saturated rings. The first kappa shape index (κ1) is 8.55. The summed E-state index contributed by atoms with van der Waals surface area (Å²) in [5, 5.41) is 3.79. The fraction of sp³-hybridized carbons (Fsp3) is 1.00. The molecule has 0 amide bonds. The maximum atomic E-state index is 3.79. The minimum Gasteiger partial charge on any atom is -0.310 e. The average molecular weight is 167 g/mol. The zero-order valence-electron chi connectivity index (χ0n) is 8.56. The lowest BCUT2D eigenvalue weighted by molar-refractivity contribution is 0.414. The van der Waals surface area contributed by atoms with Crippen LogP contribution < -0.4 is 5.32 Å². The number of nitrogens with one attached hydrogen (secondary N) is 1. The average Bonchev–Trinajstić information content (AvgIpc) is 2.84. The number of hydrogen-bond acceptors (Lipinski definition) is 1. The maximum absolute atomic E-state index is 3.79. The molecule has 1 nitrogen and oxygen atoms in total. The Kier molecular flexibility index (Phi) is 1.95. The van der Waals surface area contributed by atoms with Gasteiger partial charge in [-0.15, -0.1) is 0 Å². The summed E-state index contributed by atoms with van der Waals surface area (Å²) < 4.78 is 0. The maximum Gasteiger partial charge on any atom is 0.0127 e. The van der Waals surface area contributed by atoms with Gasteiger partial charge >= 0.3 is 0 Å². The van der Waals surface area contributed by atoms with Gasteiger partial charge in [0.25, 0.3) is 0 Å². The first-order chi connectivity index (χ1) is 5.63. The highest BCUT2D eigenvalue weighted by Crippen LogP contribution is 2.46. The molecule has 0 heterocycles. The lowest BCUT2D eigenvalue weighted by Gasteiger charge is -2.17. The minimum absolute atomic E-state index is 0.600. The Morgan fingerprint density at radius 2 is 2.00 bits per heavy atom. The van der Waals surface area contributed by atoms with Crippen molar-refractivity contribution in [1.29, 1.82) is 0 Å². The largest absolute Gasteiger partial charge is 0.310 e. The topological polar surface area (TPSA) is 12.0 Å². The fourth-order valence-electron chi connectivity index (χ4n) is 2.10. The van der Waals surface area contributed by atoms with Crippen LogP contribution in [0.1, 0.15) is 46.5 Å². The summed E-state index contributed by atoms with van der Waals surface area (Å²) >= 11 is 0. The smallest absolute Gasteiger partial charge is 0.0127 e. The zero-order valence-corrected chi connectivity index (χ0v) is 8.56. The molecule has 2 aliphatic carbocycles. The van der Waals surface area contributed by atoms with Crippen molar-refractivity contribution in [3.63, 3.8) is 0 Å². The van der Waals surface area contributed by atoms with Crippen molar-refractivity contribution in [3.8, 4) is 0 Å². The van der Waals surface area contributed by atoms with Crippen LogP contribution in [0, 0.1) is 11.3 Å². The molecule has 0 spiro atoms. The molecule has 1 N–H and O–H groups in total. The molecule has 0 bridgehead atoms. The second-order valence-corrected chi connectivity index (χ2v) is 5.26. The van der Waals surface area contributed by atoms with Gasteiger partial charge in [-0.1, -0.05) is 20.8 Å². The normalized spacial score (nSPS) is 34.8. The van der Waals surface area contributed by atoms with Crippen LogP contribution in [0.3, 0.4) is 0 Å². The van der Waals surface area contributed by atoms with E-state index in [0.717, 1.165) is 18.0 Å². The highest BCUT2D eigenvalue weighted by atomic mass is 15.0. The Hall–Kier alpha value is -0.0400. The van der Waals surface area contributed by atoms with Crippen molar-refractivity contribution in [2.45, 2.75) is 58.5 Å². The van der Waals surface area contributed by atoms with E-state index < -0.39 is 0 Å². The molecule has 0 aromatic heterocycles. The molecule has 2 saturated carbocycles. The molecule has 2 atom stereocenters. The fourth-order valence-corrected chi connectivity index (χ4v) is 2.10. The van der Waals surface area contributed by atoms with E-state index in [2.05, 4.69) is 26.1 Å². The van der Waals surface area contributed by atoms with Gasteiger partial charge in [0.2, 0.25) is 0 Å². The van der Waals surface area contributed by atoms with Crippen LogP contribution in [0.2, 0.25) is 0 Å². The molecule has 0 aromatic carbocycles. The Morgan fingerprint density at radius 1 is 1.42 bits per heavy atom. The van der Waals surface area contributed by atoms with Gasteiger partial charge in [-0.25, -0.2) is 0 Å². The molecular weight excluding hydrogens is 146 g/mol. The molecule has 70 valence electrons. The Balaban J connectivity index is 1.77. The van der Waals surface area contributed by atoms with Gasteiger partial charge in [0, 0.05) is 12.1 Å². The highest BCUT2D eigenvalue weighted by molar-refractivity contribution is 5.04. The standard InChI is InChI=1S/C11H21N/c1-4-9(8-5-6-8)12-10-7-11(10,2)3/h8-10,12H,4-7H2,1-3H3. The van der Waals surface area contributed by atoms with Crippen molar-refractivity contribution in [2.75, 3.05) is 0 Å². The van der Waals surface area contributed by atoms with Crippen LogP contribution in [-0.4, -0.2) is 12.1 Å². The quantitative estimate of drug-likeness (QED) is 0.678. The van der Waals surface area contributed by atoms with Crippen LogP contribution in [0.25, 0.3) is 0 Å². The SMILES string of the molecule is CCC(NC1CC1(C)C)C1CC1. The van der Waals surface area contributed by atoms with Gasteiger partial charge in [-0.05, 0) is 37.0 Å². The third-order valence-electron chi connectivity index (χ3n) is 3.56. The van der Waals surface area contributed by atoms with E-state index >= 15 is 0 Å². The predicted molar refractivity (Wildman–Crippen MR) is 52.1 cm³/mol. The molecule has 2 aliphatic rings. The number of rotatable bonds is 4. The second-order valence-electron chi connectivity index (χ2n) is 5.26. The zero-order chi connectivity index (χ0) is 8.77. The van der Waals surface area contributed by atoms with Crippen molar-refractivity contribution >= 4 is 0 Å². The van der Waals surface area contributed by atoms with E-state index in [1.165, 1.54) is 25.7 Å². The first-order valence-corrected chi connectivity index (χ1v) is 5.39. The van der Waals surface area contributed by atoms with Gasteiger partial charge in [-0.3, -0.25) is 0 Å². The monoisotopic (exact) mass is 167 g/mol. The van der Waals surface area contributed by atoms with Crippen molar-refractivity contribution in [3.05, 3.63) is 0 Å². The van der Waals surface area contributed by atoms with Crippen LogP contribution in [-0.2, 0) is 0 Å².